The predicted molar refractivity (Wildman–Crippen MR) is 74.9 cm³/mol. The summed E-state index contributed by atoms with van der Waals surface area (Å²) < 4.78 is 11.3. The van der Waals surface area contributed by atoms with Gasteiger partial charge in [-0.3, -0.25) is 4.21 Å². The lowest BCUT2D eigenvalue weighted by Crippen LogP contribution is -2.35. The summed E-state index contributed by atoms with van der Waals surface area (Å²) in [5, 5.41) is 0. The van der Waals surface area contributed by atoms with Crippen LogP contribution in [0, 0.1) is 0 Å². The normalized spacial score (nSPS) is 17.6. The van der Waals surface area contributed by atoms with E-state index in [1.807, 2.05) is 36.2 Å². The number of nitrogens with two attached hydrogens (primary N) is 1. The molecule has 1 aliphatic carbocycles. The molecular formula is C13H19N3OS. The maximum atomic E-state index is 11.3. The Labute approximate surface area is 110 Å². The van der Waals surface area contributed by atoms with Crippen LogP contribution >= 0.6 is 0 Å². The molecule has 18 heavy (non-hydrogen) atoms. The van der Waals surface area contributed by atoms with Crippen LogP contribution in [0.4, 0.5) is 0 Å². The summed E-state index contributed by atoms with van der Waals surface area (Å²) in [6.07, 6.45) is 4.10. The molecule has 1 fully saturated rings. The third-order valence-corrected chi connectivity index (χ3v) is 4.07. The van der Waals surface area contributed by atoms with Crippen LogP contribution < -0.4 is 5.73 Å². The smallest absolute Gasteiger partial charge is 0.191 e. The van der Waals surface area contributed by atoms with Crippen molar-refractivity contribution in [2.75, 3.05) is 13.3 Å². The summed E-state index contributed by atoms with van der Waals surface area (Å²) in [5.41, 5.74) is 6.99. The van der Waals surface area contributed by atoms with Gasteiger partial charge in [0.15, 0.2) is 5.96 Å². The van der Waals surface area contributed by atoms with Crippen LogP contribution in [0.1, 0.15) is 18.4 Å². The van der Waals surface area contributed by atoms with E-state index < -0.39 is 10.8 Å². The molecule has 1 aromatic rings. The van der Waals surface area contributed by atoms with Gasteiger partial charge in [-0.05, 0) is 30.5 Å². The molecule has 1 atom stereocenters. The molecule has 0 saturated heterocycles. The SMILES string of the molecule is CN(C(N)=NCc1ccc(S(C)=O)cc1)C1CC1. The Hall–Kier alpha value is -1.36. The van der Waals surface area contributed by atoms with Crippen LogP contribution in [-0.2, 0) is 17.3 Å². The highest BCUT2D eigenvalue weighted by atomic mass is 32.2. The van der Waals surface area contributed by atoms with Gasteiger partial charge in [0.2, 0.25) is 0 Å². The van der Waals surface area contributed by atoms with Crippen molar-refractivity contribution in [2.24, 2.45) is 10.7 Å². The largest absolute Gasteiger partial charge is 0.370 e. The quantitative estimate of drug-likeness (QED) is 0.660. The fourth-order valence-electron chi connectivity index (χ4n) is 1.72. The van der Waals surface area contributed by atoms with Crippen molar-refractivity contribution >= 4 is 16.8 Å². The molecule has 1 aliphatic rings. The van der Waals surface area contributed by atoms with Crippen LogP contribution in [0.3, 0.4) is 0 Å². The summed E-state index contributed by atoms with van der Waals surface area (Å²) in [7, 11) is 1.06. The molecule has 1 aromatic carbocycles. The number of benzene rings is 1. The van der Waals surface area contributed by atoms with E-state index in [4.69, 9.17) is 5.73 Å². The lowest BCUT2D eigenvalue weighted by Gasteiger charge is -2.16. The van der Waals surface area contributed by atoms with Crippen molar-refractivity contribution in [3.05, 3.63) is 29.8 Å². The minimum atomic E-state index is -0.924. The summed E-state index contributed by atoms with van der Waals surface area (Å²) in [6, 6.07) is 8.23. The van der Waals surface area contributed by atoms with Crippen molar-refractivity contribution in [1.82, 2.24) is 4.90 Å². The molecule has 98 valence electrons. The van der Waals surface area contributed by atoms with E-state index in [2.05, 4.69) is 4.99 Å². The molecule has 0 bridgehead atoms. The highest BCUT2D eigenvalue weighted by Crippen LogP contribution is 2.24. The average Bonchev–Trinajstić information content (AvgIpc) is 3.19. The third kappa shape index (κ3) is 3.32. The van der Waals surface area contributed by atoms with Gasteiger partial charge in [-0.1, -0.05) is 12.1 Å². The lowest BCUT2D eigenvalue weighted by molar-refractivity contribution is 0.487. The standard InChI is InChI=1S/C13H19N3OS/c1-16(11-5-6-11)13(14)15-9-10-3-7-12(8-4-10)18(2)17/h3-4,7-8,11H,5-6,9H2,1-2H3,(H2,14,15). The molecule has 2 N–H and O–H groups in total. The lowest BCUT2D eigenvalue weighted by atomic mass is 10.2. The van der Waals surface area contributed by atoms with Crippen LogP contribution in [0.2, 0.25) is 0 Å². The van der Waals surface area contributed by atoms with Gasteiger partial charge < -0.3 is 10.6 Å². The Morgan fingerprint density at radius 1 is 1.44 bits per heavy atom. The number of hydrogen-bond acceptors (Lipinski definition) is 2. The van der Waals surface area contributed by atoms with Crippen molar-refractivity contribution in [3.63, 3.8) is 0 Å². The summed E-state index contributed by atoms with van der Waals surface area (Å²) in [6.45, 7) is 0.569. The van der Waals surface area contributed by atoms with E-state index in [9.17, 15) is 4.21 Å². The monoisotopic (exact) mass is 265 g/mol. The van der Waals surface area contributed by atoms with E-state index in [1.54, 1.807) is 6.26 Å². The second-order valence-corrected chi connectivity index (χ2v) is 5.99. The molecule has 0 spiro atoms. The molecule has 2 rings (SSSR count). The van der Waals surface area contributed by atoms with Gasteiger partial charge in [-0.2, -0.15) is 0 Å². The molecule has 1 saturated carbocycles. The van der Waals surface area contributed by atoms with E-state index >= 15 is 0 Å². The van der Waals surface area contributed by atoms with Crippen LogP contribution in [0.5, 0.6) is 0 Å². The van der Waals surface area contributed by atoms with Gasteiger partial charge in [0, 0.05) is 35.0 Å². The first-order chi connectivity index (χ1) is 8.58. The first-order valence-electron chi connectivity index (χ1n) is 6.03. The summed E-state index contributed by atoms with van der Waals surface area (Å²) >= 11 is 0. The highest BCUT2D eigenvalue weighted by Gasteiger charge is 2.27. The molecule has 4 nitrogen and oxygen atoms in total. The van der Waals surface area contributed by atoms with Gasteiger partial charge >= 0.3 is 0 Å². The fourth-order valence-corrected chi connectivity index (χ4v) is 2.24. The number of rotatable bonds is 4. The third-order valence-electron chi connectivity index (χ3n) is 3.13. The molecule has 0 heterocycles. The number of hydrogen-bond donors (Lipinski definition) is 1. The zero-order chi connectivity index (χ0) is 13.1. The van der Waals surface area contributed by atoms with Crippen LogP contribution in [0.25, 0.3) is 0 Å². The Balaban J connectivity index is 1.96. The minimum Gasteiger partial charge on any atom is -0.370 e. The molecule has 5 heteroatoms. The Morgan fingerprint density at radius 3 is 2.56 bits per heavy atom. The summed E-state index contributed by atoms with van der Waals surface area (Å²) in [5.74, 6) is 0.598. The van der Waals surface area contributed by atoms with Crippen LogP contribution in [-0.4, -0.2) is 34.4 Å². The van der Waals surface area contributed by atoms with E-state index in [0.29, 0.717) is 18.5 Å². The molecule has 1 unspecified atom stereocenters. The Bertz CT molecular complexity index is 466. The Kier molecular flexibility index (Phi) is 4.01. The Morgan fingerprint density at radius 2 is 2.06 bits per heavy atom. The predicted octanol–water partition coefficient (Wildman–Crippen LogP) is 1.33. The van der Waals surface area contributed by atoms with Crippen molar-refractivity contribution < 1.29 is 4.21 Å². The van der Waals surface area contributed by atoms with E-state index in [1.165, 1.54) is 12.8 Å². The second kappa shape index (κ2) is 5.52. The topological polar surface area (TPSA) is 58.7 Å². The minimum absolute atomic E-state index is 0.569. The van der Waals surface area contributed by atoms with Crippen molar-refractivity contribution in [3.8, 4) is 0 Å². The zero-order valence-corrected chi connectivity index (χ0v) is 11.6. The van der Waals surface area contributed by atoms with Crippen molar-refractivity contribution in [1.29, 1.82) is 0 Å². The molecular weight excluding hydrogens is 246 g/mol. The average molecular weight is 265 g/mol. The highest BCUT2D eigenvalue weighted by molar-refractivity contribution is 7.84. The van der Waals surface area contributed by atoms with Gasteiger partial charge in [0.1, 0.15) is 0 Å². The molecule has 0 radical (unpaired) electrons. The van der Waals surface area contributed by atoms with Gasteiger partial charge in [0.05, 0.1) is 6.54 Å². The maximum absolute atomic E-state index is 11.3. The first kappa shape index (κ1) is 13.1. The molecule has 0 amide bonds. The van der Waals surface area contributed by atoms with Gasteiger partial charge in [0.25, 0.3) is 0 Å². The van der Waals surface area contributed by atoms with E-state index in [-0.39, 0.29) is 0 Å². The van der Waals surface area contributed by atoms with Crippen molar-refractivity contribution in [2.45, 2.75) is 30.3 Å². The van der Waals surface area contributed by atoms with Crippen LogP contribution in [0.15, 0.2) is 34.2 Å². The summed E-state index contributed by atoms with van der Waals surface area (Å²) in [4.78, 5) is 7.25. The second-order valence-electron chi connectivity index (χ2n) is 4.61. The number of aliphatic imine (C=N–C) groups is 1. The van der Waals surface area contributed by atoms with Gasteiger partial charge in [-0.15, -0.1) is 0 Å². The first-order valence-corrected chi connectivity index (χ1v) is 7.59. The maximum Gasteiger partial charge on any atom is 0.191 e. The fraction of sp³-hybridized carbons (Fsp3) is 0.462. The molecule has 0 aromatic heterocycles. The molecule has 0 aliphatic heterocycles. The zero-order valence-electron chi connectivity index (χ0n) is 10.8. The van der Waals surface area contributed by atoms with E-state index in [0.717, 1.165) is 10.5 Å². The van der Waals surface area contributed by atoms with Gasteiger partial charge in [-0.25, -0.2) is 4.99 Å². The number of nitrogens with zero attached hydrogens (tertiary/aromatic N) is 2. The number of guanidine groups is 1.